The maximum Gasteiger partial charge on any atom is 0.0535 e. The Morgan fingerprint density at radius 3 is 1.89 bits per heavy atom. The molecule has 1 saturated heterocycles. The summed E-state index contributed by atoms with van der Waals surface area (Å²) >= 11 is 0. The molecule has 0 spiro atoms. The van der Waals surface area contributed by atoms with Gasteiger partial charge in [0.15, 0.2) is 0 Å². The van der Waals surface area contributed by atoms with Crippen molar-refractivity contribution in [1.29, 1.82) is 0 Å². The first kappa shape index (κ1) is 6.56. The van der Waals surface area contributed by atoms with Gasteiger partial charge in [-0.2, -0.15) is 0 Å². The van der Waals surface area contributed by atoms with Crippen LogP contribution in [0.5, 0.6) is 0 Å². The Balaban J connectivity index is 2.50. The molecule has 9 heavy (non-hydrogen) atoms. The summed E-state index contributed by atoms with van der Waals surface area (Å²) in [6.45, 7) is 9.07. The van der Waals surface area contributed by atoms with Crippen molar-refractivity contribution in [3.63, 3.8) is 0 Å². The molecule has 0 aromatic carbocycles. The second kappa shape index (κ2) is 2.83. The first-order valence-electron chi connectivity index (χ1n) is 3.21. The minimum atomic E-state index is 0.502. The van der Waals surface area contributed by atoms with E-state index >= 15 is 0 Å². The fourth-order valence-corrected chi connectivity index (χ4v) is 1.07. The third kappa shape index (κ3) is 1.22. The van der Waals surface area contributed by atoms with Crippen LogP contribution >= 0.6 is 0 Å². The number of ether oxygens (including phenoxy) is 1. The van der Waals surface area contributed by atoms with E-state index in [9.17, 15) is 0 Å². The smallest absolute Gasteiger partial charge is 0.0535 e. The Morgan fingerprint density at radius 1 is 1.11 bits per heavy atom. The molecule has 0 aromatic rings. The Kier molecular flexibility index (Phi) is 2.06. The molecule has 1 rings (SSSR count). The van der Waals surface area contributed by atoms with Crippen molar-refractivity contribution in [2.45, 2.75) is 0 Å². The van der Waals surface area contributed by atoms with Crippen molar-refractivity contribution in [3.05, 3.63) is 25.3 Å². The van der Waals surface area contributed by atoms with E-state index in [0.29, 0.717) is 11.8 Å². The summed E-state index contributed by atoms with van der Waals surface area (Å²) in [6.07, 6.45) is 3.89. The molecule has 0 aliphatic carbocycles. The minimum Gasteiger partial charge on any atom is -0.380 e. The molecule has 0 saturated carbocycles. The summed E-state index contributed by atoms with van der Waals surface area (Å²) in [5, 5.41) is 0. The van der Waals surface area contributed by atoms with Crippen LogP contribution in [0.1, 0.15) is 0 Å². The summed E-state index contributed by atoms with van der Waals surface area (Å²) in [7, 11) is 0. The number of hydrogen-bond donors (Lipinski definition) is 0. The zero-order chi connectivity index (χ0) is 6.69. The van der Waals surface area contributed by atoms with Crippen LogP contribution in [-0.2, 0) is 4.74 Å². The van der Waals surface area contributed by atoms with Gasteiger partial charge in [-0.15, -0.1) is 13.2 Å². The largest absolute Gasteiger partial charge is 0.380 e. The van der Waals surface area contributed by atoms with Crippen LogP contribution < -0.4 is 0 Å². The molecule has 0 N–H and O–H groups in total. The number of rotatable bonds is 2. The summed E-state index contributed by atoms with van der Waals surface area (Å²) in [4.78, 5) is 0. The maximum atomic E-state index is 5.21. The van der Waals surface area contributed by atoms with Crippen LogP contribution in [0.15, 0.2) is 25.3 Å². The average Bonchev–Trinajstić information content (AvgIpc) is 2.33. The minimum absolute atomic E-state index is 0.502. The summed E-state index contributed by atoms with van der Waals surface area (Å²) in [5.74, 6) is 1.00. The molecule has 2 unspecified atom stereocenters. The molecule has 1 fully saturated rings. The quantitative estimate of drug-likeness (QED) is 0.508. The monoisotopic (exact) mass is 124 g/mol. The van der Waals surface area contributed by atoms with Gasteiger partial charge in [-0.3, -0.25) is 0 Å². The normalized spacial score (nSPS) is 34.2. The van der Waals surface area contributed by atoms with Gasteiger partial charge < -0.3 is 4.74 Å². The highest BCUT2D eigenvalue weighted by Gasteiger charge is 2.21. The molecular formula is C8H12O. The van der Waals surface area contributed by atoms with Gasteiger partial charge in [0.25, 0.3) is 0 Å². The second-order valence-electron chi connectivity index (χ2n) is 2.34. The van der Waals surface area contributed by atoms with Crippen molar-refractivity contribution in [2.24, 2.45) is 11.8 Å². The van der Waals surface area contributed by atoms with Crippen LogP contribution in [0.2, 0.25) is 0 Å². The molecule has 50 valence electrons. The molecule has 0 bridgehead atoms. The summed E-state index contributed by atoms with van der Waals surface area (Å²) in [6, 6.07) is 0. The third-order valence-electron chi connectivity index (χ3n) is 1.78. The molecule has 1 aliphatic rings. The summed E-state index contributed by atoms with van der Waals surface area (Å²) in [5.41, 5.74) is 0. The van der Waals surface area contributed by atoms with Crippen LogP contribution in [0.25, 0.3) is 0 Å². The zero-order valence-corrected chi connectivity index (χ0v) is 5.55. The molecule has 0 radical (unpaired) electrons. The predicted molar refractivity (Wildman–Crippen MR) is 38.2 cm³/mol. The molecule has 1 nitrogen and oxygen atoms in total. The first-order chi connectivity index (χ1) is 4.38. The van der Waals surface area contributed by atoms with Gasteiger partial charge in [-0.25, -0.2) is 0 Å². The van der Waals surface area contributed by atoms with E-state index in [1.807, 2.05) is 12.2 Å². The van der Waals surface area contributed by atoms with Gasteiger partial charge in [0, 0.05) is 11.8 Å². The van der Waals surface area contributed by atoms with Crippen LogP contribution in [0.3, 0.4) is 0 Å². The fourth-order valence-electron chi connectivity index (χ4n) is 1.07. The van der Waals surface area contributed by atoms with Crippen LogP contribution in [0.4, 0.5) is 0 Å². The Hall–Kier alpha value is -0.560. The van der Waals surface area contributed by atoms with Gasteiger partial charge in [0.1, 0.15) is 0 Å². The van der Waals surface area contributed by atoms with Crippen molar-refractivity contribution in [1.82, 2.24) is 0 Å². The molecule has 1 heterocycles. The standard InChI is InChI=1S/C8H12O/c1-3-7-5-9-6-8(7)4-2/h3-4,7-8H,1-2,5-6H2. The van der Waals surface area contributed by atoms with E-state index in [1.165, 1.54) is 0 Å². The van der Waals surface area contributed by atoms with Crippen LogP contribution in [0, 0.1) is 11.8 Å². The Labute approximate surface area is 56.0 Å². The topological polar surface area (TPSA) is 9.23 Å². The zero-order valence-electron chi connectivity index (χ0n) is 5.55. The SMILES string of the molecule is C=CC1COCC1C=C. The second-order valence-corrected chi connectivity index (χ2v) is 2.34. The molecule has 1 heteroatoms. The third-order valence-corrected chi connectivity index (χ3v) is 1.78. The van der Waals surface area contributed by atoms with E-state index < -0.39 is 0 Å². The average molecular weight is 124 g/mol. The van der Waals surface area contributed by atoms with E-state index in [2.05, 4.69) is 13.2 Å². The van der Waals surface area contributed by atoms with E-state index in [-0.39, 0.29) is 0 Å². The molecule has 0 aromatic heterocycles. The molecule has 2 atom stereocenters. The van der Waals surface area contributed by atoms with Gasteiger partial charge in [-0.1, -0.05) is 12.2 Å². The lowest BCUT2D eigenvalue weighted by Gasteiger charge is -2.05. The molecular weight excluding hydrogens is 112 g/mol. The van der Waals surface area contributed by atoms with Crippen molar-refractivity contribution >= 4 is 0 Å². The predicted octanol–water partition coefficient (Wildman–Crippen LogP) is 1.62. The van der Waals surface area contributed by atoms with Gasteiger partial charge in [0.05, 0.1) is 13.2 Å². The van der Waals surface area contributed by atoms with Gasteiger partial charge >= 0.3 is 0 Å². The fraction of sp³-hybridized carbons (Fsp3) is 0.500. The molecule has 0 amide bonds. The van der Waals surface area contributed by atoms with Crippen molar-refractivity contribution in [2.75, 3.05) is 13.2 Å². The Bertz CT molecular complexity index is 104. The Morgan fingerprint density at radius 2 is 1.56 bits per heavy atom. The van der Waals surface area contributed by atoms with Crippen LogP contribution in [-0.4, -0.2) is 13.2 Å². The summed E-state index contributed by atoms with van der Waals surface area (Å²) < 4.78 is 5.21. The lowest BCUT2D eigenvalue weighted by Crippen LogP contribution is -2.05. The first-order valence-corrected chi connectivity index (χ1v) is 3.21. The number of hydrogen-bond acceptors (Lipinski definition) is 1. The van der Waals surface area contributed by atoms with Crippen molar-refractivity contribution < 1.29 is 4.74 Å². The lowest BCUT2D eigenvalue weighted by atomic mass is 9.97. The highest BCUT2D eigenvalue weighted by molar-refractivity contribution is 4.95. The van der Waals surface area contributed by atoms with Gasteiger partial charge in [-0.05, 0) is 0 Å². The van der Waals surface area contributed by atoms with Gasteiger partial charge in [0.2, 0.25) is 0 Å². The molecule has 1 aliphatic heterocycles. The van der Waals surface area contributed by atoms with Crippen molar-refractivity contribution in [3.8, 4) is 0 Å². The highest BCUT2D eigenvalue weighted by atomic mass is 16.5. The van der Waals surface area contributed by atoms with E-state index in [0.717, 1.165) is 13.2 Å². The maximum absolute atomic E-state index is 5.21. The van der Waals surface area contributed by atoms with E-state index in [1.54, 1.807) is 0 Å². The highest BCUT2D eigenvalue weighted by Crippen LogP contribution is 2.21. The van der Waals surface area contributed by atoms with E-state index in [4.69, 9.17) is 4.74 Å². The lowest BCUT2D eigenvalue weighted by molar-refractivity contribution is 0.187.